The van der Waals surface area contributed by atoms with Crippen LogP contribution < -0.4 is 5.73 Å². The van der Waals surface area contributed by atoms with Crippen LogP contribution in [0.25, 0.3) is 0 Å². The zero-order chi connectivity index (χ0) is 10.7. The van der Waals surface area contributed by atoms with E-state index in [9.17, 15) is 4.79 Å². The summed E-state index contributed by atoms with van der Waals surface area (Å²) in [6, 6.07) is 2.88. The second kappa shape index (κ2) is 4.19. The number of aliphatic carboxylic acids is 1. The Morgan fingerprint density at radius 1 is 1.57 bits per heavy atom. The van der Waals surface area contributed by atoms with E-state index in [0.29, 0.717) is 6.42 Å². The van der Waals surface area contributed by atoms with Crippen molar-refractivity contribution < 1.29 is 9.90 Å². The van der Waals surface area contributed by atoms with Gasteiger partial charge in [0.05, 0.1) is 0 Å². The van der Waals surface area contributed by atoms with Gasteiger partial charge in [0.25, 0.3) is 0 Å². The maximum absolute atomic E-state index is 10.5. The van der Waals surface area contributed by atoms with Crippen molar-refractivity contribution in [3.05, 3.63) is 29.1 Å². The van der Waals surface area contributed by atoms with E-state index < -0.39 is 12.0 Å². The number of aryl methyl sites for hydroxylation is 2. The molecule has 4 nitrogen and oxygen atoms in total. The summed E-state index contributed by atoms with van der Waals surface area (Å²) in [6.45, 7) is 3.75. The highest BCUT2D eigenvalue weighted by Gasteiger charge is 2.13. The van der Waals surface area contributed by atoms with Gasteiger partial charge in [-0.15, -0.1) is 0 Å². The van der Waals surface area contributed by atoms with Gasteiger partial charge in [0, 0.05) is 17.8 Å². The van der Waals surface area contributed by atoms with E-state index in [4.69, 9.17) is 10.8 Å². The van der Waals surface area contributed by atoms with Gasteiger partial charge in [-0.3, -0.25) is 9.78 Å². The van der Waals surface area contributed by atoms with Crippen molar-refractivity contribution in [1.82, 2.24) is 4.98 Å². The monoisotopic (exact) mass is 194 g/mol. The van der Waals surface area contributed by atoms with E-state index in [0.717, 1.165) is 17.0 Å². The molecule has 14 heavy (non-hydrogen) atoms. The van der Waals surface area contributed by atoms with E-state index in [-0.39, 0.29) is 0 Å². The number of pyridine rings is 1. The molecule has 1 rings (SSSR count). The van der Waals surface area contributed by atoms with Crippen molar-refractivity contribution in [3.63, 3.8) is 0 Å². The van der Waals surface area contributed by atoms with Gasteiger partial charge in [0.1, 0.15) is 6.04 Å². The average molecular weight is 194 g/mol. The van der Waals surface area contributed by atoms with Gasteiger partial charge in [0.15, 0.2) is 0 Å². The minimum Gasteiger partial charge on any atom is -0.480 e. The SMILES string of the molecule is Cc1ccc(C[C@H](N)C(=O)O)c(C)n1. The van der Waals surface area contributed by atoms with Gasteiger partial charge in [-0.05, 0) is 25.5 Å². The van der Waals surface area contributed by atoms with Gasteiger partial charge >= 0.3 is 5.97 Å². The van der Waals surface area contributed by atoms with Crippen LogP contribution in [-0.2, 0) is 11.2 Å². The summed E-state index contributed by atoms with van der Waals surface area (Å²) >= 11 is 0. The first-order chi connectivity index (χ1) is 6.50. The molecule has 0 bridgehead atoms. The first-order valence-corrected chi connectivity index (χ1v) is 4.42. The zero-order valence-corrected chi connectivity index (χ0v) is 8.32. The Bertz CT molecular complexity index is 350. The number of hydrogen-bond acceptors (Lipinski definition) is 3. The van der Waals surface area contributed by atoms with Crippen molar-refractivity contribution in [1.29, 1.82) is 0 Å². The molecule has 1 aromatic heterocycles. The molecule has 0 saturated carbocycles. The summed E-state index contributed by atoms with van der Waals surface area (Å²) in [5, 5.41) is 8.64. The molecule has 0 radical (unpaired) electrons. The molecule has 0 aliphatic carbocycles. The highest BCUT2D eigenvalue weighted by atomic mass is 16.4. The summed E-state index contributed by atoms with van der Waals surface area (Å²) < 4.78 is 0. The molecule has 3 N–H and O–H groups in total. The summed E-state index contributed by atoms with van der Waals surface area (Å²) in [7, 11) is 0. The number of nitrogens with zero attached hydrogens (tertiary/aromatic N) is 1. The number of hydrogen-bond donors (Lipinski definition) is 2. The van der Waals surface area contributed by atoms with Crippen molar-refractivity contribution >= 4 is 5.97 Å². The minimum absolute atomic E-state index is 0.328. The van der Waals surface area contributed by atoms with Crippen molar-refractivity contribution in [2.24, 2.45) is 5.73 Å². The highest BCUT2D eigenvalue weighted by molar-refractivity contribution is 5.73. The van der Waals surface area contributed by atoms with Crippen molar-refractivity contribution in [2.75, 3.05) is 0 Å². The third-order valence-corrected chi connectivity index (χ3v) is 2.09. The maximum Gasteiger partial charge on any atom is 0.320 e. The van der Waals surface area contributed by atoms with Crippen molar-refractivity contribution in [3.8, 4) is 0 Å². The molecular formula is C10H14N2O2. The second-order valence-corrected chi connectivity index (χ2v) is 3.35. The number of carboxylic acids is 1. The minimum atomic E-state index is -0.982. The molecule has 0 aromatic carbocycles. The Hall–Kier alpha value is -1.42. The molecule has 1 heterocycles. The van der Waals surface area contributed by atoms with E-state index >= 15 is 0 Å². The zero-order valence-electron chi connectivity index (χ0n) is 8.32. The number of carboxylic acid groups (broad SMARTS) is 1. The lowest BCUT2D eigenvalue weighted by Gasteiger charge is -2.08. The van der Waals surface area contributed by atoms with Crippen LogP contribution in [-0.4, -0.2) is 22.1 Å². The van der Waals surface area contributed by atoms with Gasteiger partial charge in [-0.1, -0.05) is 6.07 Å². The predicted octanol–water partition coefficient (Wildman–Crippen LogP) is 0.653. The summed E-state index contributed by atoms with van der Waals surface area (Å²) in [6.07, 6.45) is 0.328. The Morgan fingerprint density at radius 2 is 2.21 bits per heavy atom. The molecule has 1 aromatic rings. The Balaban J connectivity index is 2.82. The molecule has 0 aliphatic rings. The highest BCUT2D eigenvalue weighted by Crippen LogP contribution is 2.08. The third kappa shape index (κ3) is 2.53. The average Bonchev–Trinajstić information content (AvgIpc) is 2.09. The topological polar surface area (TPSA) is 76.2 Å². The summed E-state index contributed by atoms with van der Waals surface area (Å²) in [4.78, 5) is 14.8. The van der Waals surface area contributed by atoms with Gasteiger partial charge in [0.2, 0.25) is 0 Å². The first-order valence-electron chi connectivity index (χ1n) is 4.42. The molecular weight excluding hydrogens is 180 g/mol. The Kier molecular flexibility index (Phi) is 3.19. The third-order valence-electron chi connectivity index (χ3n) is 2.09. The predicted molar refractivity (Wildman–Crippen MR) is 53.0 cm³/mol. The van der Waals surface area contributed by atoms with E-state index in [2.05, 4.69) is 4.98 Å². The van der Waals surface area contributed by atoms with Gasteiger partial charge < -0.3 is 10.8 Å². The van der Waals surface area contributed by atoms with Crippen LogP contribution in [0.15, 0.2) is 12.1 Å². The number of rotatable bonds is 3. The normalized spacial score (nSPS) is 12.5. The second-order valence-electron chi connectivity index (χ2n) is 3.35. The Labute approximate surface area is 82.8 Å². The van der Waals surface area contributed by atoms with Crippen LogP contribution in [0.2, 0.25) is 0 Å². The molecule has 76 valence electrons. The lowest BCUT2D eigenvalue weighted by Crippen LogP contribution is -2.32. The largest absolute Gasteiger partial charge is 0.480 e. The summed E-state index contributed by atoms with van der Waals surface area (Å²) in [5.41, 5.74) is 8.10. The van der Waals surface area contributed by atoms with Crippen LogP contribution in [0.1, 0.15) is 17.0 Å². The van der Waals surface area contributed by atoms with Crippen LogP contribution >= 0.6 is 0 Å². The molecule has 0 fully saturated rings. The van der Waals surface area contributed by atoms with Crippen LogP contribution in [0.4, 0.5) is 0 Å². The molecule has 0 saturated heterocycles. The first kappa shape index (κ1) is 10.7. The van der Waals surface area contributed by atoms with Gasteiger partial charge in [-0.2, -0.15) is 0 Å². The molecule has 0 unspecified atom stereocenters. The number of aromatic nitrogens is 1. The van der Waals surface area contributed by atoms with E-state index in [1.54, 1.807) is 0 Å². The van der Waals surface area contributed by atoms with Gasteiger partial charge in [-0.25, -0.2) is 0 Å². The van der Waals surface area contributed by atoms with Crippen LogP contribution in [0.5, 0.6) is 0 Å². The van der Waals surface area contributed by atoms with Crippen LogP contribution in [0.3, 0.4) is 0 Å². The molecule has 1 atom stereocenters. The Morgan fingerprint density at radius 3 is 2.71 bits per heavy atom. The van der Waals surface area contributed by atoms with E-state index in [1.165, 1.54) is 0 Å². The maximum atomic E-state index is 10.5. The fourth-order valence-electron chi connectivity index (χ4n) is 1.26. The smallest absolute Gasteiger partial charge is 0.320 e. The lowest BCUT2D eigenvalue weighted by molar-refractivity contribution is -0.138. The number of carbonyl (C=O) groups is 1. The lowest BCUT2D eigenvalue weighted by atomic mass is 10.1. The quantitative estimate of drug-likeness (QED) is 0.740. The molecule has 0 spiro atoms. The number of nitrogens with two attached hydrogens (primary N) is 1. The van der Waals surface area contributed by atoms with Crippen LogP contribution in [0, 0.1) is 13.8 Å². The fourth-order valence-corrected chi connectivity index (χ4v) is 1.26. The standard InChI is InChI=1S/C10H14N2O2/c1-6-3-4-8(7(2)12-6)5-9(11)10(13)14/h3-4,9H,5,11H2,1-2H3,(H,13,14)/t9-/m0/s1. The van der Waals surface area contributed by atoms with E-state index in [1.807, 2.05) is 26.0 Å². The molecule has 4 heteroatoms. The summed E-state index contributed by atoms with van der Waals surface area (Å²) in [5.74, 6) is -0.982. The molecule has 0 amide bonds. The fraction of sp³-hybridized carbons (Fsp3) is 0.400. The molecule has 0 aliphatic heterocycles. The van der Waals surface area contributed by atoms with Crippen molar-refractivity contribution in [2.45, 2.75) is 26.3 Å².